The molecule has 0 saturated carbocycles. The quantitative estimate of drug-likeness (QED) is 0.526. The molecular formula is C8H13N5O2. The maximum absolute atomic E-state index is 10.5. The van der Waals surface area contributed by atoms with E-state index in [-0.39, 0.29) is 11.9 Å². The van der Waals surface area contributed by atoms with Gasteiger partial charge in [0.05, 0.1) is 12.1 Å². The fraction of sp³-hybridized carbons (Fsp3) is 0.625. The molecule has 1 aliphatic rings. The van der Waals surface area contributed by atoms with Gasteiger partial charge in [-0.1, -0.05) is 5.10 Å². The molecule has 1 saturated heterocycles. The molecule has 1 atom stereocenters. The summed E-state index contributed by atoms with van der Waals surface area (Å²) in [7, 11) is 1.99. The van der Waals surface area contributed by atoms with Crippen LogP contribution in [0, 0.1) is 10.1 Å². The predicted molar refractivity (Wildman–Crippen MR) is 53.5 cm³/mol. The lowest BCUT2D eigenvalue weighted by molar-refractivity contribution is -0.389. The minimum atomic E-state index is -0.466. The van der Waals surface area contributed by atoms with E-state index >= 15 is 0 Å². The SMILES string of the molecule is CN1CCNCC1c1cc([N+](=O)[O-])[nH]n1. The van der Waals surface area contributed by atoms with Gasteiger partial charge in [0.1, 0.15) is 5.69 Å². The van der Waals surface area contributed by atoms with E-state index in [4.69, 9.17) is 0 Å². The van der Waals surface area contributed by atoms with Crippen LogP contribution in [0.4, 0.5) is 5.82 Å². The van der Waals surface area contributed by atoms with Crippen LogP contribution < -0.4 is 5.32 Å². The van der Waals surface area contributed by atoms with Gasteiger partial charge in [-0.05, 0) is 12.0 Å². The van der Waals surface area contributed by atoms with E-state index in [1.54, 1.807) is 0 Å². The summed E-state index contributed by atoms with van der Waals surface area (Å²) >= 11 is 0. The van der Waals surface area contributed by atoms with Crippen molar-refractivity contribution in [1.82, 2.24) is 20.4 Å². The Bertz CT molecular complexity index is 364. The molecule has 7 heteroatoms. The van der Waals surface area contributed by atoms with E-state index in [2.05, 4.69) is 20.4 Å². The smallest absolute Gasteiger partial charge is 0.342 e. The van der Waals surface area contributed by atoms with Crippen molar-refractivity contribution in [2.45, 2.75) is 6.04 Å². The summed E-state index contributed by atoms with van der Waals surface area (Å²) in [5.41, 5.74) is 0.719. The van der Waals surface area contributed by atoms with Gasteiger partial charge in [-0.2, -0.15) is 0 Å². The molecule has 0 aliphatic carbocycles. The third-order valence-corrected chi connectivity index (χ3v) is 2.63. The molecule has 1 aromatic heterocycles. The summed E-state index contributed by atoms with van der Waals surface area (Å²) in [6.45, 7) is 2.64. The second-order valence-electron chi connectivity index (χ2n) is 3.64. The Balaban J connectivity index is 2.17. The molecule has 0 amide bonds. The second kappa shape index (κ2) is 3.95. The van der Waals surface area contributed by atoms with Gasteiger partial charge in [0.2, 0.25) is 0 Å². The molecule has 2 N–H and O–H groups in total. The molecule has 1 fully saturated rings. The minimum Gasteiger partial charge on any atom is -0.358 e. The number of piperazine rings is 1. The molecule has 0 radical (unpaired) electrons. The summed E-state index contributed by atoms with van der Waals surface area (Å²) in [6.07, 6.45) is 0. The predicted octanol–water partition coefficient (Wildman–Crippen LogP) is -0.106. The molecule has 2 heterocycles. The fourth-order valence-corrected chi connectivity index (χ4v) is 1.73. The minimum absolute atomic E-state index is 0.0519. The van der Waals surface area contributed by atoms with Crippen LogP contribution in [0.2, 0.25) is 0 Å². The van der Waals surface area contributed by atoms with Crippen molar-refractivity contribution in [1.29, 1.82) is 0 Å². The first-order valence-electron chi connectivity index (χ1n) is 4.79. The Morgan fingerprint density at radius 2 is 2.53 bits per heavy atom. The topological polar surface area (TPSA) is 87.1 Å². The van der Waals surface area contributed by atoms with Gasteiger partial charge in [0, 0.05) is 19.6 Å². The first kappa shape index (κ1) is 10.1. The van der Waals surface area contributed by atoms with Crippen LogP contribution >= 0.6 is 0 Å². The molecular weight excluding hydrogens is 198 g/mol. The number of hydrogen-bond acceptors (Lipinski definition) is 5. The maximum Gasteiger partial charge on any atom is 0.342 e. The zero-order chi connectivity index (χ0) is 10.8. The number of hydrogen-bond donors (Lipinski definition) is 2. The first-order chi connectivity index (χ1) is 7.18. The van der Waals surface area contributed by atoms with Crippen LogP contribution in [0.15, 0.2) is 6.07 Å². The molecule has 15 heavy (non-hydrogen) atoms. The number of rotatable bonds is 2. The molecule has 1 unspecified atom stereocenters. The molecule has 82 valence electrons. The second-order valence-corrected chi connectivity index (χ2v) is 3.64. The molecule has 1 aliphatic heterocycles. The Morgan fingerprint density at radius 1 is 1.73 bits per heavy atom. The molecule has 2 rings (SSSR count). The van der Waals surface area contributed by atoms with Gasteiger partial charge < -0.3 is 15.4 Å². The molecule has 0 bridgehead atoms. The Kier molecular flexibility index (Phi) is 2.65. The largest absolute Gasteiger partial charge is 0.358 e. The van der Waals surface area contributed by atoms with Gasteiger partial charge >= 0.3 is 5.82 Å². The van der Waals surface area contributed by atoms with E-state index in [1.807, 2.05) is 7.05 Å². The summed E-state index contributed by atoms with van der Waals surface area (Å²) < 4.78 is 0. The highest BCUT2D eigenvalue weighted by atomic mass is 16.6. The lowest BCUT2D eigenvalue weighted by atomic mass is 10.1. The number of nitrogens with one attached hydrogen (secondary N) is 2. The van der Waals surface area contributed by atoms with E-state index in [0.29, 0.717) is 0 Å². The van der Waals surface area contributed by atoms with Crippen molar-refractivity contribution >= 4 is 5.82 Å². The molecule has 7 nitrogen and oxygen atoms in total. The monoisotopic (exact) mass is 211 g/mol. The third-order valence-electron chi connectivity index (χ3n) is 2.63. The lowest BCUT2D eigenvalue weighted by Crippen LogP contribution is -2.43. The number of aromatic amines is 1. The number of nitro groups is 1. The summed E-state index contributed by atoms with van der Waals surface area (Å²) in [5.74, 6) is -0.0519. The Morgan fingerprint density at radius 3 is 3.13 bits per heavy atom. The fourth-order valence-electron chi connectivity index (χ4n) is 1.73. The lowest BCUT2D eigenvalue weighted by Gasteiger charge is -2.31. The van der Waals surface area contributed by atoms with Gasteiger partial charge in [-0.25, -0.2) is 0 Å². The summed E-state index contributed by atoms with van der Waals surface area (Å²) in [4.78, 5) is 12.2. The van der Waals surface area contributed by atoms with E-state index in [1.165, 1.54) is 6.07 Å². The van der Waals surface area contributed by atoms with Gasteiger partial charge in [-0.15, -0.1) is 5.10 Å². The van der Waals surface area contributed by atoms with Crippen LogP contribution in [0.1, 0.15) is 11.7 Å². The highest BCUT2D eigenvalue weighted by molar-refractivity contribution is 5.23. The van der Waals surface area contributed by atoms with Crippen molar-refractivity contribution in [2.24, 2.45) is 0 Å². The van der Waals surface area contributed by atoms with Crippen LogP contribution in [-0.2, 0) is 0 Å². The zero-order valence-electron chi connectivity index (χ0n) is 8.43. The molecule has 0 aromatic carbocycles. The van der Waals surface area contributed by atoms with Crippen LogP contribution in [-0.4, -0.2) is 46.7 Å². The summed E-state index contributed by atoms with van der Waals surface area (Å²) in [6, 6.07) is 1.61. The zero-order valence-corrected chi connectivity index (χ0v) is 8.43. The van der Waals surface area contributed by atoms with Crippen molar-refractivity contribution in [3.63, 3.8) is 0 Å². The molecule has 0 spiro atoms. The average Bonchev–Trinajstić information content (AvgIpc) is 2.67. The Hall–Kier alpha value is -1.47. The highest BCUT2D eigenvalue weighted by Crippen LogP contribution is 2.21. The van der Waals surface area contributed by atoms with Crippen LogP contribution in [0.5, 0.6) is 0 Å². The maximum atomic E-state index is 10.5. The molecule has 1 aromatic rings. The standard InChI is InChI=1S/C8H13N5O2/c1-12-3-2-9-5-7(12)6-4-8(11-10-6)13(14)15/h4,7,9H,2-3,5H2,1H3,(H,10,11). The van der Waals surface area contributed by atoms with Gasteiger partial charge in [0.25, 0.3) is 0 Å². The van der Waals surface area contributed by atoms with Crippen molar-refractivity contribution < 1.29 is 4.92 Å². The first-order valence-corrected chi connectivity index (χ1v) is 4.79. The van der Waals surface area contributed by atoms with E-state index in [0.717, 1.165) is 25.3 Å². The summed E-state index contributed by atoms with van der Waals surface area (Å²) in [5, 5.41) is 20.1. The highest BCUT2D eigenvalue weighted by Gasteiger charge is 2.25. The van der Waals surface area contributed by atoms with Crippen molar-refractivity contribution in [3.8, 4) is 0 Å². The van der Waals surface area contributed by atoms with Crippen molar-refractivity contribution in [3.05, 3.63) is 21.9 Å². The van der Waals surface area contributed by atoms with Gasteiger partial charge in [-0.3, -0.25) is 4.90 Å². The van der Waals surface area contributed by atoms with E-state index in [9.17, 15) is 10.1 Å². The average molecular weight is 211 g/mol. The number of nitrogens with zero attached hydrogens (tertiary/aromatic N) is 3. The van der Waals surface area contributed by atoms with Crippen molar-refractivity contribution in [2.75, 3.05) is 26.7 Å². The normalized spacial score (nSPS) is 22.9. The van der Waals surface area contributed by atoms with Crippen LogP contribution in [0.3, 0.4) is 0 Å². The van der Waals surface area contributed by atoms with Crippen LogP contribution in [0.25, 0.3) is 0 Å². The van der Waals surface area contributed by atoms with E-state index < -0.39 is 4.92 Å². The number of likely N-dealkylation sites (N-methyl/N-ethyl adjacent to an activating group) is 1. The Labute approximate surface area is 86.6 Å². The number of aromatic nitrogens is 2. The third kappa shape index (κ3) is 1.97. The number of H-pyrrole nitrogens is 1. The van der Waals surface area contributed by atoms with Gasteiger partial charge in [0.15, 0.2) is 0 Å².